The molecule has 16 heavy (non-hydrogen) atoms. The number of fused-ring (bicyclic) bond motifs is 3. The summed E-state index contributed by atoms with van der Waals surface area (Å²) in [6.07, 6.45) is 10.8. The Morgan fingerprint density at radius 2 is 2.19 bits per heavy atom. The number of allylic oxidation sites excluding steroid dienone is 2. The van der Waals surface area contributed by atoms with E-state index in [-0.39, 0.29) is 0 Å². The average Bonchev–Trinajstić information content (AvgIpc) is 2.28. The van der Waals surface area contributed by atoms with Gasteiger partial charge in [-0.05, 0) is 24.3 Å². The van der Waals surface area contributed by atoms with Gasteiger partial charge in [0.15, 0.2) is 0 Å². The van der Waals surface area contributed by atoms with Crippen LogP contribution in [0.1, 0.15) is 37.0 Å². The van der Waals surface area contributed by atoms with Crippen LogP contribution in [0.5, 0.6) is 0 Å². The summed E-state index contributed by atoms with van der Waals surface area (Å²) in [5.74, 6) is 1.24. The fourth-order valence-corrected chi connectivity index (χ4v) is 4.07. The van der Waals surface area contributed by atoms with Gasteiger partial charge in [-0.1, -0.05) is 13.8 Å². The molecule has 0 radical (unpaired) electrons. The third-order valence-electron chi connectivity index (χ3n) is 3.49. The molecule has 1 aliphatic heterocycles. The molecule has 0 aromatic heterocycles. The van der Waals surface area contributed by atoms with Crippen LogP contribution in [0.2, 0.25) is 0 Å². The van der Waals surface area contributed by atoms with Crippen LogP contribution in [0.25, 0.3) is 12.2 Å². The quantitative estimate of drug-likeness (QED) is 0.595. The molecule has 0 saturated heterocycles. The van der Waals surface area contributed by atoms with Gasteiger partial charge in [0.1, 0.15) is 12.2 Å². The minimum atomic E-state index is 0.301. The molecule has 0 bridgehead atoms. The van der Waals surface area contributed by atoms with Gasteiger partial charge in [-0.25, -0.2) is 0 Å². The molecule has 0 nitrogen and oxygen atoms in total. The van der Waals surface area contributed by atoms with Crippen molar-refractivity contribution < 1.29 is 0 Å². The van der Waals surface area contributed by atoms with Crippen molar-refractivity contribution in [3.63, 3.8) is 0 Å². The number of rotatable bonds is 0. The minimum Gasteiger partial charge on any atom is -0.125 e. The smallest absolute Gasteiger partial charge is 0.111 e. The molecule has 0 N–H and O–H groups in total. The number of benzene rings is 1. The van der Waals surface area contributed by atoms with Crippen molar-refractivity contribution in [1.29, 1.82) is 0 Å². The molecular formula is C15H15S+. The van der Waals surface area contributed by atoms with Crippen LogP contribution in [0.4, 0.5) is 0 Å². The molecule has 1 aromatic carbocycles. The maximum atomic E-state index is 3.21. The summed E-state index contributed by atoms with van der Waals surface area (Å²) < 4.78 is 0. The molecule has 1 heterocycles. The van der Waals surface area contributed by atoms with Gasteiger partial charge >= 0.3 is 0 Å². The van der Waals surface area contributed by atoms with Gasteiger partial charge in [0.2, 0.25) is 0 Å². The van der Waals surface area contributed by atoms with Crippen molar-refractivity contribution in [1.82, 2.24) is 0 Å². The zero-order valence-electron chi connectivity index (χ0n) is 9.71. The lowest BCUT2D eigenvalue weighted by molar-refractivity contribution is 0.493. The number of thioether (sulfide) groups is 1. The summed E-state index contributed by atoms with van der Waals surface area (Å²) in [4.78, 5) is 1.46. The van der Waals surface area contributed by atoms with Crippen LogP contribution in [-0.2, 0) is 5.41 Å². The van der Waals surface area contributed by atoms with Crippen LogP contribution in [0.3, 0.4) is 0 Å². The van der Waals surface area contributed by atoms with E-state index in [2.05, 4.69) is 44.2 Å². The molecule has 0 atom stereocenters. The SMILES string of the molecule is CC1(C)CCSc2ccc3c(c21)C=[C+]C=C3. The first-order valence-electron chi connectivity index (χ1n) is 5.75. The standard InChI is InChI=1S/C15H15S/c1-15(2)9-10-16-13-8-7-11-5-3-4-6-12(11)14(13)15/h3,5-8H,9-10H2,1-2H3/q+1. The van der Waals surface area contributed by atoms with Crippen LogP contribution < -0.4 is 0 Å². The molecule has 0 spiro atoms. The largest absolute Gasteiger partial charge is 0.125 e. The van der Waals surface area contributed by atoms with Gasteiger partial charge in [-0.3, -0.25) is 0 Å². The summed E-state index contributed by atoms with van der Waals surface area (Å²) in [5, 5.41) is 0. The number of hydrogen-bond acceptors (Lipinski definition) is 1. The Bertz CT molecular complexity index is 492. The minimum absolute atomic E-state index is 0.301. The Kier molecular flexibility index (Phi) is 2.20. The molecule has 0 fully saturated rings. The Balaban J connectivity index is 2.30. The second-order valence-electron chi connectivity index (χ2n) is 5.07. The first kappa shape index (κ1) is 10.1. The Morgan fingerprint density at radius 3 is 3.06 bits per heavy atom. The van der Waals surface area contributed by atoms with Crippen LogP contribution >= 0.6 is 11.8 Å². The Hall–Kier alpha value is -1.04. The fourth-order valence-electron chi connectivity index (χ4n) is 2.55. The Morgan fingerprint density at radius 1 is 1.31 bits per heavy atom. The second-order valence-corrected chi connectivity index (χ2v) is 6.21. The van der Waals surface area contributed by atoms with Gasteiger partial charge in [-0.15, -0.1) is 11.8 Å². The van der Waals surface area contributed by atoms with Crippen LogP contribution in [0, 0.1) is 6.08 Å². The fraction of sp³-hybridized carbons (Fsp3) is 0.333. The lowest BCUT2D eigenvalue weighted by Crippen LogP contribution is -2.24. The second kappa shape index (κ2) is 3.48. The third kappa shape index (κ3) is 1.43. The molecular weight excluding hydrogens is 212 g/mol. The highest BCUT2D eigenvalue weighted by Gasteiger charge is 2.34. The Labute approximate surface area is 101 Å². The normalized spacial score (nSPS) is 19.9. The van der Waals surface area contributed by atoms with Crippen molar-refractivity contribution >= 4 is 23.9 Å². The highest BCUT2D eigenvalue weighted by atomic mass is 32.2. The van der Waals surface area contributed by atoms with Crippen molar-refractivity contribution in [3.05, 3.63) is 41.0 Å². The van der Waals surface area contributed by atoms with Gasteiger partial charge in [0.25, 0.3) is 0 Å². The van der Waals surface area contributed by atoms with Crippen molar-refractivity contribution in [2.24, 2.45) is 0 Å². The maximum absolute atomic E-state index is 3.21. The van der Waals surface area contributed by atoms with E-state index in [0.29, 0.717) is 5.41 Å². The molecule has 1 aliphatic carbocycles. The monoisotopic (exact) mass is 227 g/mol. The summed E-state index contributed by atoms with van der Waals surface area (Å²) in [6, 6.07) is 4.51. The highest BCUT2D eigenvalue weighted by molar-refractivity contribution is 7.99. The van der Waals surface area contributed by atoms with E-state index in [0.717, 1.165) is 0 Å². The summed E-state index contributed by atoms with van der Waals surface area (Å²) in [7, 11) is 0. The predicted octanol–water partition coefficient (Wildman–Crippen LogP) is 4.30. The van der Waals surface area contributed by atoms with E-state index in [1.54, 1.807) is 0 Å². The van der Waals surface area contributed by atoms with Crippen molar-refractivity contribution in [2.75, 3.05) is 5.75 Å². The van der Waals surface area contributed by atoms with Gasteiger partial charge in [0, 0.05) is 21.9 Å². The molecule has 3 rings (SSSR count). The summed E-state index contributed by atoms with van der Waals surface area (Å²) in [6.45, 7) is 4.72. The zero-order chi connectivity index (χ0) is 11.2. The van der Waals surface area contributed by atoms with Gasteiger partial charge in [-0.2, -0.15) is 0 Å². The highest BCUT2D eigenvalue weighted by Crippen LogP contribution is 2.45. The van der Waals surface area contributed by atoms with Gasteiger partial charge in [0.05, 0.1) is 17.2 Å². The zero-order valence-corrected chi connectivity index (χ0v) is 10.5. The van der Waals surface area contributed by atoms with E-state index in [9.17, 15) is 0 Å². The predicted molar refractivity (Wildman–Crippen MR) is 71.6 cm³/mol. The van der Waals surface area contributed by atoms with E-state index in [1.807, 2.05) is 17.8 Å². The summed E-state index contributed by atoms with van der Waals surface area (Å²) in [5.41, 5.74) is 4.55. The topological polar surface area (TPSA) is 0 Å². The number of hydrogen-bond donors (Lipinski definition) is 0. The first-order valence-corrected chi connectivity index (χ1v) is 6.73. The molecule has 0 unspecified atom stereocenters. The summed E-state index contributed by atoms with van der Waals surface area (Å²) >= 11 is 1.99. The van der Waals surface area contributed by atoms with Crippen molar-refractivity contribution in [3.8, 4) is 0 Å². The maximum Gasteiger partial charge on any atom is 0.111 e. The van der Waals surface area contributed by atoms with E-state index < -0.39 is 0 Å². The van der Waals surface area contributed by atoms with Gasteiger partial charge < -0.3 is 0 Å². The molecule has 0 saturated carbocycles. The van der Waals surface area contributed by atoms with E-state index in [1.165, 1.54) is 33.8 Å². The third-order valence-corrected chi connectivity index (χ3v) is 4.55. The molecule has 80 valence electrons. The van der Waals surface area contributed by atoms with Crippen molar-refractivity contribution in [2.45, 2.75) is 30.6 Å². The molecule has 1 aromatic rings. The van der Waals surface area contributed by atoms with E-state index >= 15 is 0 Å². The first-order chi connectivity index (χ1) is 7.68. The average molecular weight is 227 g/mol. The lowest BCUT2D eigenvalue weighted by Gasteiger charge is -2.31. The van der Waals surface area contributed by atoms with Crippen LogP contribution in [0.15, 0.2) is 23.1 Å². The lowest BCUT2D eigenvalue weighted by atomic mass is 9.77. The molecule has 0 amide bonds. The van der Waals surface area contributed by atoms with E-state index in [4.69, 9.17) is 0 Å². The molecule has 2 aliphatic rings. The van der Waals surface area contributed by atoms with Crippen LogP contribution in [-0.4, -0.2) is 5.75 Å². The molecule has 1 heteroatoms.